The van der Waals surface area contributed by atoms with E-state index in [1.807, 2.05) is 36.6 Å². The lowest BCUT2D eigenvalue weighted by Crippen LogP contribution is -2.29. The summed E-state index contributed by atoms with van der Waals surface area (Å²) in [6.07, 6.45) is 2.59. The first kappa shape index (κ1) is 15.5. The van der Waals surface area contributed by atoms with Gasteiger partial charge in [0, 0.05) is 23.3 Å². The summed E-state index contributed by atoms with van der Waals surface area (Å²) in [5.74, 6) is -0.0687. The molecule has 0 radical (unpaired) electrons. The smallest absolute Gasteiger partial charge is 0.253 e. The summed E-state index contributed by atoms with van der Waals surface area (Å²) in [6.45, 7) is 6.16. The minimum atomic E-state index is -0.0687. The molecule has 1 aromatic heterocycles. The van der Waals surface area contributed by atoms with Gasteiger partial charge < -0.3 is 10.6 Å². The maximum atomic E-state index is 12.5. The lowest BCUT2D eigenvalue weighted by Gasteiger charge is -2.18. The van der Waals surface area contributed by atoms with Crippen LogP contribution in [0.25, 0.3) is 0 Å². The quantitative estimate of drug-likeness (QED) is 0.852. The fourth-order valence-corrected chi connectivity index (χ4v) is 2.87. The summed E-state index contributed by atoms with van der Waals surface area (Å²) >= 11 is 1.57. The first-order chi connectivity index (χ1) is 10.1. The van der Waals surface area contributed by atoms with Crippen molar-refractivity contribution in [1.82, 2.24) is 10.3 Å². The van der Waals surface area contributed by atoms with Crippen molar-refractivity contribution in [3.05, 3.63) is 46.4 Å². The van der Waals surface area contributed by atoms with Crippen molar-refractivity contribution in [1.29, 1.82) is 0 Å². The van der Waals surface area contributed by atoms with Gasteiger partial charge in [-0.2, -0.15) is 0 Å². The minimum absolute atomic E-state index is 0.0374. The Bertz CT molecular complexity index is 581. The van der Waals surface area contributed by atoms with Crippen molar-refractivity contribution < 1.29 is 4.79 Å². The maximum Gasteiger partial charge on any atom is 0.253 e. The van der Waals surface area contributed by atoms with Crippen LogP contribution in [0.5, 0.6) is 0 Å². The predicted octanol–water partition coefficient (Wildman–Crippen LogP) is 3.84. The van der Waals surface area contributed by atoms with Crippen molar-refractivity contribution in [2.75, 3.05) is 5.32 Å². The number of nitrogens with zero attached hydrogens (tertiary/aromatic N) is 1. The molecule has 2 aromatic rings. The number of hydrogen-bond acceptors (Lipinski definition) is 4. The molecule has 0 saturated heterocycles. The zero-order chi connectivity index (χ0) is 15.2. The number of nitrogens with one attached hydrogen (secondary N) is 2. The number of rotatable bonds is 6. The molecule has 0 spiro atoms. The highest BCUT2D eigenvalue weighted by Crippen LogP contribution is 2.21. The van der Waals surface area contributed by atoms with Gasteiger partial charge in [-0.05, 0) is 32.4 Å². The molecule has 0 aliphatic heterocycles. The van der Waals surface area contributed by atoms with E-state index in [0.717, 1.165) is 17.1 Å². The number of thiazole rings is 1. The fraction of sp³-hybridized carbons (Fsp3) is 0.375. The topological polar surface area (TPSA) is 54.0 Å². The molecule has 0 aliphatic rings. The van der Waals surface area contributed by atoms with Crippen LogP contribution >= 0.6 is 11.3 Å². The summed E-state index contributed by atoms with van der Waals surface area (Å²) in [4.78, 5) is 16.8. The highest BCUT2D eigenvalue weighted by Gasteiger charge is 2.18. The molecular formula is C16H21N3OS. The van der Waals surface area contributed by atoms with Crippen LogP contribution in [0.4, 0.5) is 5.69 Å². The number of para-hydroxylation sites is 1. The molecule has 0 aliphatic carbocycles. The van der Waals surface area contributed by atoms with E-state index in [0.29, 0.717) is 5.56 Å². The van der Waals surface area contributed by atoms with Gasteiger partial charge in [-0.3, -0.25) is 4.79 Å². The molecule has 1 atom stereocenters. The molecule has 4 nitrogen and oxygen atoms in total. The second kappa shape index (κ2) is 7.22. The largest absolute Gasteiger partial charge is 0.382 e. The number of carbonyl (C=O) groups is 1. The van der Waals surface area contributed by atoms with Crippen LogP contribution in [-0.4, -0.2) is 16.9 Å². The van der Waals surface area contributed by atoms with E-state index in [2.05, 4.69) is 29.5 Å². The zero-order valence-corrected chi connectivity index (χ0v) is 13.4. The number of carbonyl (C=O) groups excluding carboxylic acids is 1. The standard InChI is InChI=1S/C16H21N3OS/c1-4-13(16-17-9-10-21-16)19-15(20)12-7-5-6-8-14(12)18-11(2)3/h5-11,13,18H,4H2,1-3H3,(H,19,20). The van der Waals surface area contributed by atoms with Gasteiger partial charge in [0.1, 0.15) is 5.01 Å². The minimum Gasteiger partial charge on any atom is -0.382 e. The third-order valence-corrected chi connectivity index (χ3v) is 3.97. The number of anilines is 1. The molecular weight excluding hydrogens is 282 g/mol. The highest BCUT2D eigenvalue weighted by atomic mass is 32.1. The average molecular weight is 303 g/mol. The van der Waals surface area contributed by atoms with Crippen LogP contribution < -0.4 is 10.6 Å². The van der Waals surface area contributed by atoms with Gasteiger partial charge >= 0.3 is 0 Å². The Morgan fingerprint density at radius 2 is 2.10 bits per heavy atom. The summed E-state index contributed by atoms with van der Waals surface area (Å²) in [7, 11) is 0. The molecule has 2 N–H and O–H groups in total. The van der Waals surface area contributed by atoms with E-state index < -0.39 is 0 Å². The molecule has 112 valence electrons. The summed E-state index contributed by atoms with van der Waals surface area (Å²) in [5, 5.41) is 9.25. The number of benzene rings is 1. The monoisotopic (exact) mass is 303 g/mol. The highest BCUT2D eigenvalue weighted by molar-refractivity contribution is 7.09. The van der Waals surface area contributed by atoms with Gasteiger partial charge in [-0.25, -0.2) is 4.98 Å². The first-order valence-corrected chi connectivity index (χ1v) is 8.05. The number of hydrogen-bond donors (Lipinski definition) is 2. The Hall–Kier alpha value is -1.88. The van der Waals surface area contributed by atoms with Gasteiger partial charge in [-0.1, -0.05) is 19.1 Å². The molecule has 1 amide bonds. The van der Waals surface area contributed by atoms with Crippen LogP contribution in [0.3, 0.4) is 0 Å². The molecule has 1 unspecified atom stereocenters. The van der Waals surface area contributed by atoms with Gasteiger partial charge in [-0.15, -0.1) is 11.3 Å². The van der Waals surface area contributed by atoms with E-state index in [1.165, 1.54) is 0 Å². The lowest BCUT2D eigenvalue weighted by molar-refractivity contribution is 0.0936. The van der Waals surface area contributed by atoms with Crippen molar-refractivity contribution in [3.8, 4) is 0 Å². The fourth-order valence-electron chi connectivity index (χ4n) is 2.10. The Labute approximate surface area is 129 Å². The summed E-state index contributed by atoms with van der Waals surface area (Å²) in [6, 6.07) is 7.82. The Balaban J connectivity index is 2.16. The predicted molar refractivity (Wildman–Crippen MR) is 87.8 cm³/mol. The SMILES string of the molecule is CCC(NC(=O)c1ccccc1NC(C)C)c1nccs1. The second-order valence-electron chi connectivity index (χ2n) is 5.15. The van der Waals surface area contributed by atoms with E-state index in [1.54, 1.807) is 17.5 Å². The van der Waals surface area contributed by atoms with Gasteiger partial charge in [0.2, 0.25) is 0 Å². The molecule has 0 bridgehead atoms. The molecule has 0 fully saturated rings. The summed E-state index contributed by atoms with van der Waals surface area (Å²) in [5.41, 5.74) is 1.53. The summed E-state index contributed by atoms with van der Waals surface area (Å²) < 4.78 is 0. The van der Waals surface area contributed by atoms with Crippen molar-refractivity contribution in [2.24, 2.45) is 0 Å². The van der Waals surface area contributed by atoms with Gasteiger partial charge in [0.05, 0.1) is 11.6 Å². The van der Waals surface area contributed by atoms with E-state index in [9.17, 15) is 4.79 Å². The van der Waals surface area contributed by atoms with Crippen LogP contribution in [-0.2, 0) is 0 Å². The number of aromatic nitrogens is 1. The van der Waals surface area contributed by atoms with E-state index in [-0.39, 0.29) is 18.0 Å². The lowest BCUT2D eigenvalue weighted by atomic mass is 10.1. The third kappa shape index (κ3) is 4.04. The Morgan fingerprint density at radius 1 is 1.33 bits per heavy atom. The van der Waals surface area contributed by atoms with Crippen LogP contribution in [0.1, 0.15) is 48.6 Å². The zero-order valence-electron chi connectivity index (χ0n) is 12.6. The molecule has 0 saturated carbocycles. The van der Waals surface area contributed by atoms with Gasteiger partial charge in [0.15, 0.2) is 0 Å². The van der Waals surface area contributed by atoms with Crippen LogP contribution in [0.2, 0.25) is 0 Å². The van der Waals surface area contributed by atoms with Crippen molar-refractivity contribution >= 4 is 22.9 Å². The van der Waals surface area contributed by atoms with Crippen molar-refractivity contribution in [2.45, 2.75) is 39.3 Å². The Kier molecular flexibility index (Phi) is 5.33. The molecule has 5 heteroatoms. The second-order valence-corrected chi connectivity index (χ2v) is 6.08. The average Bonchev–Trinajstić information content (AvgIpc) is 2.98. The normalized spacial score (nSPS) is 12.2. The Morgan fingerprint density at radius 3 is 2.71 bits per heavy atom. The molecule has 1 heterocycles. The molecule has 2 rings (SSSR count). The number of amides is 1. The van der Waals surface area contributed by atoms with Gasteiger partial charge in [0.25, 0.3) is 5.91 Å². The first-order valence-electron chi connectivity index (χ1n) is 7.17. The van der Waals surface area contributed by atoms with Crippen molar-refractivity contribution in [3.63, 3.8) is 0 Å². The van der Waals surface area contributed by atoms with E-state index >= 15 is 0 Å². The van der Waals surface area contributed by atoms with Crippen LogP contribution in [0, 0.1) is 0 Å². The van der Waals surface area contributed by atoms with E-state index in [4.69, 9.17) is 0 Å². The molecule has 1 aromatic carbocycles. The third-order valence-electron chi connectivity index (χ3n) is 3.08. The maximum absolute atomic E-state index is 12.5. The molecule has 21 heavy (non-hydrogen) atoms. The van der Waals surface area contributed by atoms with Crippen LogP contribution in [0.15, 0.2) is 35.8 Å².